The normalized spacial score (nSPS) is 15.3. The van der Waals surface area contributed by atoms with E-state index in [1.807, 2.05) is 0 Å². The monoisotopic (exact) mass is 258 g/mol. The van der Waals surface area contributed by atoms with Crippen molar-refractivity contribution in [3.63, 3.8) is 0 Å². The van der Waals surface area contributed by atoms with Crippen LogP contribution in [-0.4, -0.2) is 49.3 Å². The molecule has 1 unspecified atom stereocenters. The summed E-state index contributed by atoms with van der Waals surface area (Å²) >= 11 is 0. The molecule has 0 aliphatic rings. The van der Waals surface area contributed by atoms with Gasteiger partial charge in [0.25, 0.3) is 0 Å². The topological polar surface area (TPSA) is 35.5 Å². The Kier molecular flexibility index (Phi) is 9.70. The Hall–Kier alpha value is -0.120. The Labute approximate surface area is 114 Å². The molecule has 0 aliphatic carbocycles. The fraction of sp³-hybridized carbons (Fsp3) is 1.00. The molecule has 18 heavy (non-hydrogen) atoms. The zero-order valence-corrected chi connectivity index (χ0v) is 13.1. The highest BCUT2D eigenvalue weighted by atomic mass is 16.3. The maximum atomic E-state index is 9.12. The molecule has 0 saturated carbocycles. The molecule has 0 aliphatic heterocycles. The van der Waals surface area contributed by atoms with E-state index in [-0.39, 0.29) is 6.61 Å². The number of rotatable bonds is 11. The van der Waals surface area contributed by atoms with Gasteiger partial charge >= 0.3 is 0 Å². The van der Waals surface area contributed by atoms with Gasteiger partial charge in [0, 0.05) is 19.6 Å². The first-order chi connectivity index (χ1) is 8.47. The van der Waals surface area contributed by atoms with Crippen LogP contribution in [0.2, 0.25) is 0 Å². The number of nitrogens with zero attached hydrogens (tertiary/aromatic N) is 1. The lowest BCUT2D eigenvalue weighted by molar-refractivity contribution is 0.128. The van der Waals surface area contributed by atoms with E-state index in [0.29, 0.717) is 11.3 Å². The molecule has 0 aromatic rings. The third-order valence-electron chi connectivity index (χ3n) is 3.52. The van der Waals surface area contributed by atoms with Gasteiger partial charge in [0.05, 0.1) is 6.61 Å². The lowest BCUT2D eigenvalue weighted by Gasteiger charge is -2.35. The van der Waals surface area contributed by atoms with E-state index in [1.165, 1.54) is 6.42 Å². The minimum Gasteiger partial charge on any atom is -0.395 e. The highest BCUT2D eigenvalue weighted by Crippen LogP contribution is 2.21. The quantitative estimate of drug-likeness (QED) is 0.597. The van der Waals surface area contributed by atoms with Gasteiger partial charge in [0.1, 0.15) is 0 Å². The summed E-state index contributed by atoms with van der Waals surface area (Å²) in [6.07, 6.45) is 2.32. The maximum Gasteiger partial charge on any atom is 0.0558 e. The van der Waals surface area contributed by atoms with Crippen molar-refractivity contribution in [3.8, 4) is 0 Å². The molecular formula is C15H34N2O. The third kappa shape index (κ3) is 8.06. The summed E-state index contributed by atoms with van der Waals surface area (Å²) in [5, 5.41) is 12.7. The molecular weight excluding hydrogens is 224 g/mol. The molecule has 0 heterocycles. The summed E-state index contributed by atoms with van der Waals surface area (Å²) in [4.78, 5) is 2.39. The minimum absolute atomic E-state index is 0.263. The van der Waals surface area contributed by atoms with E-state index in [2.05, 4.69) is 44.8 Å². The predicted molar refractivity (Wildman–Crippen MR) is 79.9 cm³/mol. The summed E-state index contributed by atoms with van der Waals surface area (Å²) in [5.74, 6) is 0.704. The van der Waals surface area contributed by atoms with E-state index >= 15 is 0 Å². The molecule has 0 amide bonds. The third-order valence-corrected chi connectivity index (χ3v) is 3.52. The van der Waals surface area contributed by atoms with Gasteiger partial charge in [-0.25, -0.2) is 0 Å². The summed E-state index contributed by atoms with van der Waals surface area (Å²) in [7, 11) is 0. The van der Waals surface area contributed by atoms with Crippen molar-refractivity contribution in [2.45, 2.75) is 47.5 Å². The van der Waals surface area contributed by atoms with Crippen LogP contribution in [0.15, 0.2) is 0 Å². The smallest absolute Gasteiger partial charge is 0.0558 e. The summed E-state index contributed by atoms with van der Waals surface area (Å²) in [5.41, 5.74) is 0.305. The van der Waals surface area contributed by atoms with Crippen LogP contribution in [0.4, 0.5) is 0 Å². The van der Waals surface area contributed by atoms with Crippen molar-refractivity contribution in [1.82, 2.24) is 10.2 Å². The largest absolute Gasteiger partial charge is 0.395 e. The molecule has 110 valence electrons. The Balaban J connectivity index is 4.23. The van der Waals surface area contributed by atoms with Gasteiger partial charge < -0.3 is 15.3 Å². The predicted octanol–water partition coefficient (Wildman–Crippen LogP) is 2.35. The summed E-state index contributed by atoms with van der Waals surface area (Å²) in [6, 6.07) is 0. The second-order valence-corrected chi connectivity index (χ2v) is 6.19. The SMILES string of the molecule is CCCN(CCO)CC(C)(CC)CNCC(C)C. The molecule has 0 radical (unpaired) electrons. The first-order valence-corrected chi connectivity index (χ1v) is 7.51. The van der Waals surface area contributed by atoms with Gasteiger partial charge in [-0.15, -0.1) is 0 Å². The van der Waals surface area contributed by atoms with Crippen molar-refractivity contribution in [1.29, 1.82) is 0 Å². The number of hydrogen-bond acceptors (Lipinski definition) is 3. The van der Waals surface area contributed by atoms with Gasteiger partial charge in [-0.3, -0.25) is 0 Å². The van der Waals surface area contributed by atoms with Crippen LogP contribution in [0.1, 0.15) is 47.5 Å². The highest BCUT2D eigenvalue weighted by molar-refractivity contribution is 4.80. The average molecular weight is 258 g/mol. The fourth-order valence-corrected chi connectivity index (χ4v) is 2.22. The molecule has 0 spiro atoms. The molecule has 0 aromatic carbocycles. The summed E-state index contributed by atoms with van der Waals surface area (Å²) in [6.45, 7) is 16.7. The minimum atomic E-state index is 0.263. The maximum absolute atomic E-state index is 9.12. The second-order valence-electron chi connectivity index (χ2n) is 6.19. The van der Waals surface area contributed by atoms with E-state index in [9.17, 15) is 0 Å². The van der Waals surface area contributed by atoms with Crippen molar-refractivity contribution in [3.05, 3.63) is 0 Å². The van der Waals surface area contributed by atoms with Crippen LogP contribution in [0.25, 0.3) is 0 Å². The zero-order chi connectivity index (χ0) is 14.0. The van der Waals surface area contributed by atoms with Crippen molar-refractivity contribution in [2.24, 2.45) is 11.3 Å². The molecule has 0 aromatic heterocycles. The van der Waals surface area contributed by atoms with Gasteiger partial charge in [0.15, 0.2) is 0 Å². The lowest BCUT2D eigenvalue weighted by Crippen LogP contribution is -2.43. The fourth-order valence-electron chi connectivity index (χ4n) is 2.22. The Morgan fingerprint density at radius 1 is 1.22 bits per heavy atom. The standard InChI is InChI=1S/C15H34N2O/c1-6-8-17(9-10-18)13-15(5,7-2)12-16-11-14(3)4/h14,16,18H,6-13H2,1-5H3. The number of aliphatic hydroxyl groups is 1. The van der Waals surface area contributed by atoms with Crippen molar-refractivity contribution in [2.75, 3.05) is 39.3 Å². The number of aliphatic hydroxyl groups excluding tert-OH is 1. The Bertz CT molecular complexity index is 191. The molecule has 2 N–H and O–H groups in total. The van der Waals surface area contributed by atoms with E-state index in [1.54, 1.807) is 0 Å². The van der Waals surface area contributed by atoms with E-state index in [0.717, 1.165) is 39.1 Å². The molecule has 0 rings (SSSR count). The molecule has 1 atom stereocenters. The molecule has 0 bridgehead atoms. The van der Waals surface area contributed by atoms with Gasteiger partial charge in [0.2, 0.25) is 0 Å². The van der Waals surface area contributed by atoms with Gasteiger partial charge in [-0.1, -0.05) is 34.6 Å². The average Bonchev–Trinajstić information content (AvgIpc) is 2.29. The van der Waals surface area contributed by atoms with Crippen LogP contribution >= 0.6 is 0 Å². The van der Waals surface area contributed by atoms with Gasteiger partial charge in [-0.05, 0) is 37.3 Å². The Morgan fingerprint density at radius 2 is 1.89 bits per heavy atom. The Morgan fingerprint density at radius 3 is 2.33 bits per heavy atom. The van der Waals surface area contributed by atoms with E-state index < -0.39 is 0 Å². The lowest BCUT2D eigenvalue weighted by atomic mass is 9.86. The zero-order valence-electron chi connectivity index (χ0n) is 13.1. The second kappa shape index (κ2) is 9.76. The number of nitrogens with one attached hydrogen (secondary N) is 1. The molecule has 0 saturated heterocycles. The van der Waals surface area contributed by atoms with Crippen molar-refractivity contribution >= 4 is 0 Å². The van der Waals surface area contributed by atoms with Crippen LogP contribution < -0.4 is 5.32 Å². The van der Waals surface area contributed by atoms with Crippen molar-refractivity contribution < 1.29 is 5.11 Å². The van der Waals surface area contributed by atoms with Crippen LogP contribution in [-0.2, 0) is 0 Å². The first kappa shape index (κ1) is 17.9. The molecule has 3 nitrogen and oxygen atoms in total. The van der Waals surface area contributed by atoms with E-state index in [4.69, 9.17) is 5.11 Å². The van der Waals surface area contributed by atoms with Crippen LogP contribution in [0, 0.1) is 11.3 Å². The number of hydrogen-bond donors (Lipinski definition) is 2. The summed E-state index contributed by atoms with van der Waals surface area (Å²) < 4.78 is 0. The van der Waals surface area contributed by atoms with Crippen LogP contribution in [0.5, 0.6) is 0 Å². The highest BCUT2D eigenvalue weighted by Gasteiger charge is 2.24. The van der Waals surface area contributed by atoms with Crippen LogP contribution in [0.3, 0.4) is 0 Å². The molecule has 3 heteroatoms. The van der Waals surface area contributed by atoms with Gasteiger partial charge in [-0.2, -0.15) is 0 Å². The molecule has 0 fully saturated rings. The first-order valence-electron chi connectivity index (χ1n) is 7.51.